The summed E-state index contributed by atoms with van der Waals surface area (Å²) in [6.07, 6.45) is 0. The van der Waals surface area contributed by atoms with Crippen LogP contribution in [-0.4, -0.2) is 8.80 Å². The third kappa shape index (κ3) is 6.44. The van der Waals surface area contributed by atoms with Gasteiger partial charge in [-0.2, -0.15) is 0 Å². The molecule has 0 bridgehead atoms. The monoisotopic (exact) mass is 1100 g/mol. The Balaban J connectivity index is 0.886. The summed E-state index contributed by atoms with van der Waals surface area (Å²) in [6, 6.07) is 97.9. The van der Waals surface area contributed by atoms with E-state index < -0.39 is 0 Å². The number of benzene rings is 13. The molecule has 402 valence electrons. The zero-order chi connectivity index (χ0) is 56.5. The highest BCUT2D eigenvalue weighted by Crippen LogP contribution is 2.55. The molecule has 6 heterocycles. The van der Waals surface area contributed by atoms with Crippen molar-refractivity contribution in [2.24, 2.45) is 0 Å². The molecule has 0 atom stereocenters. The molecular formula is C80H50N4O2. The number of fused-ring (bicyclic) bond motifs is 18. The summed E-state index contributed by atoms with van der Waals surface area (Å²) in [6.45, 7) is 4.33. The molecule has 0 aliphatic carbocycles. The average molecular weight is 1100 g/mol. The minimum absolute atomic E-state index is 0.864. The Labute approximate surface area is 493 Å². The van der Waals surface area contributed by atoms with Crippen molar-refractivity contribution in [3.05, 3.63) is 278 Å². The van der Waals surface area contributed by atoms with Crippen molar-refractivity contribution in [3.63, 3.8) is 0 Å². The predicted molar refractivity (Wildman–Crippen MR) is 360 cm³/mol. The molecule has 0 spiro atoms. The number of hydrogen-bond acceptors (Lipinski definition) is 4. The molecule has 0 N–H and O–H groups in total. The highest BCUT2D eigenvalue weighted by atomic mass is 16.3. The van der Waals surface area contributed by atoms with Gasteiger partial charge in [0.2, 0.25) is 0 Å². The van der Waals surface area contributed by atoms with Crippen molar-refractivity contribution >= 4 is 154 Å². The Kier molecular flexibility index (Phi) is 9.65. The van der Waals surface area contributed by atoms with Gasteiger partial charge in [-0.05, 0) is 122 Å². The van der Waals surface area contributed by atoms with Crippen LogP contribution in [0.4, 0.5) is 34.1 Å². The molecule has 6 aromatic heterocycles. The average Bonchev–Trinajstić information content (AvgIpc) is 1.80. The molecule has 0 saturated carbocycles. The van der Waals surface area contributed by atoms with E-state index in [4.69, 9.17) is 8.83 Å². The molecular weight excluding hydrogens is 1050 g/mol. The van der Waals surface area contributed by atoms with Crippen molar-refractivity contribution in [1.29, 1.82) is 0 Å². The van der Waals surface area contributed by atoms with E-state index in [1.165, 1.54) is 87.3 Å². The van der Waals surface area contributed by atoms with Gasteiger partial charge in [0.1, 0.15) is 22.3 Å². The number of hydrogen-bond donors (Lipinski definition) is 0. The first-order chi connectivity index (χ1) is 42.5. The van der Waals surface area contributed by atoms with Crippen LogP contribution in [0.25, 0.3) is 142 Å². The van der Waals surface area contributed by atoms with E-state index in [0.717, 1.165) is 100 Å². The minimum Gasteiger partial charge on any atom is -0.456 e. The van der Waals surface area contributed by atoms with Crippen LogP contribution in [0.3, 0.4) is 0 Å². The maximum Gasteiger partial charge on any atom is 0.136 e. The Hall–Kier alpha value is -11.3. The number of furan rings is 2. The molecule has 0 fully saturated rings. The molecule has 19 rings (SSSR count). The Morgan fingerprint density at radius 3 is 1.07 bits per heavy atom. The SMILES string of the molecule is Cc1ccc(N(c2ccc3oc4ccccc4c3c2-c2ccccc2)c2ccc3c4cc5c(cc4n4c6ccccc6c2c34)c2ccc(N(c3ccc(C)cc3)c3ccc4oc6ccccc6c4c3-c3ccccc3)c3c4ccccc4n5c23)cc1. The van der Waals surface area contributed by atoms with Gasteiger partial charge in [-0.3, -0.25) is 0 Å². The summed E-state index contributed by atoms with van der Waals surface area (Å²) in [4.78, 5) is 4.99. The molecule has 6 nitrogen and oxygen atoms in total. The Bertz CT molecular complexity index is 5600. The largest absolute Gasteiger partial charge is 0.456 e. The minimum atomic E-state index is 0.864. The van der Waals surface area contributed by atoms with Crippen LogP contribution < -0.4 is 9.80 Å². The molecule has 19 aromatic rings. The van der Waals surface area contributed by atoms with Crippen LogP contribution in [0.2, 0.25) is 0 Å². The van der Waals surface area contributed by atoms with E-state index in [9.17, 15) is 0 Å². The fourth-order valence-corrected chi connectivity index (χ4v) is 14.8. The van der Waals surface area contributed by atoms with Gasteiger partial charge in [-0.25, -0.2) is 0 Å². The lowest BCUT2D eigenvalue weighted by Gasteiger charge is -2.29. The number of rotatable bonds is 8. The molecule has 0 saturated heterocycles. The molecule has 0 aliphatic rings. The molecule has 0 aliphatic heterocycles. The standard InChI is InChI=1S/C80H50N4O2/c1-47-29-33-51(34-30-47)81(63-41-43-71-77(57-23-11-15-27-69(57)85-71)73(63)49-17-5-3-6-18-49)65-39-37-53-59-45-68-60(46-67(59)83-61-25-13-9-21-55(61)75(65)79(53)83)54-38-40-66(76-56-22-10-14-26-62(56)84(68)80(54)76)82(52-35-31-48(2)32-36-52)64-42-44-72-78(58-24-12-16-28-70(58)86-72)74(64)50-19-7-4-8-20-50/h3-46H,1-2H3. The van der Waals surface area contributed by atoms with Crippen LogP contribution in [0, 0.1) is 13.8 Å². The quantitative estimate of drug-likeness (QED) is 0.152. The van der Waals surface area contributed by atoms with E-state index in [1.807, 2.05) is 0 Å². The highest BCUT2D eigenvalue weighted by molar-refractivity contribution is 6.33. The molecule has 0 radical (unpaired) electrons. The van der Waals surface area contributed by atoms with E-state index in [0.29, 0.717) is 0 Å². The number of aromatic nitrogens is 2. The molecule has 13 aromatic carbocycles. The highest BCUT2D eigenvalue weighted by Gasteiger charge is 2.31. The first kappa shape index (κ1) is 47.2. The molecule has 0 amide bonds. The van der Waals surface area contributed by atoms with Gasteiger partial charge in [-0.15, -0.1) is 0 Å². The Morgan fingerprint density at radius 1 is 0.267 bits per heavy atom. The second kappa shape index (κ2) is 17.6. The summed E-state index contributed by atoms with van der Waals surface area (Å²) in [7, 11) is 0. The van der Waals surface area contributed by atoms with Crippen molar-refractivity contribution in [3.8, 4) is 22.3 Å². The van der Waals surface area contributed by atoms with Crippen molar-refractivity contribution in [1.82, 2.24) is 8.80 Å². The first-order valence-electron chi connectivity index (χ1n) is 29.6. The van der Waals surface area contributed by atoms with Crippen LogP contribution >= 0.6 is 0 Å². The van der Waals surface area contributed by atoms with Crippen LogP contribution in [0.15, 0.2) is 276 Å². The van der Waals surface area contributed by atoms with Gasteiger partial charge in [0.05, 0.1) is 55.8 Å². The lowest BCUT2D eigenvalue weighted by Crippen LogP contribution is -2.12. The lowest BCUT2D eigenvalue weighted by molar-refractivity contribution is 0.668. The normalized spacial score (nSPS) is 12.3. The summed E-state index contributed by atoms with van der Waals surface area (Å²) < 4.78 is 18.4. The van der Waals surface area contributed by atoms with Crippen molar-refractivity contribution in [2.75, 3.05) is 9.80 Å². The first-order valence-corrected chi connectivity index (χ1v) is 29.6. The fraction of sp³-hybridized carbons (Fsp3) is 0.0250. The van der Waals surface area contributed by atoms with E-state index in [1.54, 1.807) is 0 Å². The Morgan fingerprint density at radius 2 is 0.640 bits per heavy atom. The number of para-hydroxylation sites is 4. The van der Waals surface area contributed by atoms with Crippen molar-refractivity contribution in [2.45, 2.75) is 13.8 Å². The van der Waals surface area contributed by atoms with E-state index in [-0.39, 0.29) is 0 Å². The summed E-state index contributed by atoms with van der Waals surface area (Å²) >= 11 is 0. The molecule has 6 heteroatoms. The number of nitrogens with zero attached hydrogens (tertiary/aromatic N) is 4. The fourth-order valence-electron chi connectivity index (χ4n) is 14.8. The van der Waals surface area contributed by atoms with Crippen LogP contribution in [0.1, 0.15) is 11.1 Å². The van der Waals surface area contributed by atoms with Gasteiger partial charge in [0, 0.05) is 87.1 Å². The zero-order valence-corrected chi connectivity index (χ0v) is 47.0. The van der Waals surface area contributed by atoms with Crippen LogP contribution in [0.5, 0.6) is 0 Å². The van der Waals surface area contributed by atoms with E-state index in [2.05, 4.69) is 299 Å². The van der Waals surface area contributed by atoms with Gasteiger partial charge in [0.15, 0.2) is 0 Å². The lowest BCUT2D eigenvalue weighted by atomic mass is 9.95. The smallest absolute Gasteiger partial charge is 0.136 e. The molecule has 86 heavy (non-hydrogen) atoms. The van der Waals surface area contributed by atoms with E-state index >= 15 is 0 Å². The summed E-state index contributed by atoms with van der Waals surface area (Å²) in [5.74, 6) is 0. The second-order valence-electron chi connectivity index (χ2n) is 23.2. The second-order valence-corrected chi connectivity index (χ2v) is 23.2. The van der Waals surface area contributed by atoms with Crippen molar-refractivity contribution < 1.29 is 8.83 Å². The third-order valence-electron chi connectivity index (χ3n) is 18.5. The number of anilines is 6. The predicted octanol–water partition coefficient (Wildman–Crippen LogP) is 22.7. The summed E-state index contributed by atoms with van der Waals surface area (Å²) in [5.41, 5.74) is 24.1. The molecule has 0 unspecified atom stereocenters. The number of aryl methyl sites for hydroxylation is 2. The zero-order valence-electron chi connectivity index (χ0n) is 47.0. The van der Waals surface area contributed by atoms with Gasteiger partial charge < -0.3 is 27.4 Å². The third-order valence-corrected chi connectivity index (χ3v) is 18.5. The van der Waals surface area contributed by atoms with Gasteiger partial charge in [0.25, 0.3) is 0 Å². The van der Waals surface area contributed by atoms with Crippen LogP contribution in [-0.2, 0) is 0 Å². The van der Waals surface area contributed by atoms with Gasteiger partial charge >= 0.3 is 0 Å². The maximum absolute atomic E-state index is 6.63. The summed E-state index contributed by atoms with van der Waals surface area (Å²) in [5, 5.41) is 14.1. The maximum atomic E-state index is 6.63. The topological polar surface area (TPSA) is 41.6 Å². The van der Waals surface area contributed by atoms with Gasteiger partial charge in [-0.1, -0.05) is 181 Å².